The van der Waals surface area contributed by atoms with Crippen LogP contribution in [-0.4, -0.2) is 31.3 Å². The topological polar surface area (TPSA) is 40.6 Å². The summed E-state index contributed by atoms with van der Waals surface area (Å²) >= 11 is 0. The number of ketones is 1. The molecule has 2 atom stereocenters. The molecular formula is C27H34N2O2. The lowest BCUT2D eigenvalue weighted by Gasteiger charge is -2.32. The summed E-state index contributed by atoms with van der Waals surface area (Å²) < 4.78 is 0. The van der Waals surface area contributed by atoms with Gasteiger partial charge in [0.15, 0.2) is 0 Å². The van der Waals surface area contributed by atoms with Crippen LogP contribution in [0.25, 0.3) is 0 Å². The van der Waals surface area contributed by atoms with Crippen molar-refractivity contribution in [3.05, 3.63) is 61.2 Å². The summed E-state index contributed by atoms with van der Waals surface area (Å²) in [7, 11) is 0. The Morgan fingerprint density at radius 3 is 2.42 bits per heavy atom. The molecule has 0 aromatic heterocycles. The molecule has 31 heavy (non-hydrogen) atoms. The predicted octanol–water partition coefficient (Wildman–Crippen LogP) is 5.31. The largest absolute Gasteiger partial charge is 0.371 e. The Bertz CT molecular complexity index is 866. The van der Waals surface area contributed by atoms with Crippen LogP contribution in [0.1, 0.15) is 44.9 Å². The average molecular weight is 419 g/mol. The summed E-state index contributed by atoms with van der Waals surface area (Å²) in [5.74, 6) is 1.76. The Labute approximate surface area is 186 Å². The van der Waals surface area contributed by atoms with Gasteiger partial charge in [0.1, 0.15) is 5.78 Å². The van der Waals surface area contributed by atoms with Crippen LogP contribution in [0.2, 0.25) is 0 Å². The molecule has 1 amide bonds. The van der Waals surface area contributed by atoms with E-state index in [0.717, 1.165) is 49.0 Å². The van der Waals surface area contributed by atoms with Gasteiger partial charge in [-0.05, 0) is 73.8 Å². The molecule has 2 saturated heterocycles. The Kier molecular flexibility index (Phi) is 6.74. The highest BCUT2D eigenvalue weighted by Gasteiger charge is 2.36. The average Bonchev–Trinajstić information content (AvgIpc) is 3.51. The zero-order valence-corrected chi connectivity index (χ0v) is 18.5. The van der Waals surface area contributed by atoms with Gasteiger partial charge in [0.05, 0.1) is 0 Å². The van der Waals surface area contributed by atoms with Gasteiger partial charge in [0.2, 0.25) is 5.91 Å². The Morgan fingerprint density at radius 1 is 1.00 bits per heavy atom. The van der Waals surface area contributed by atoms with Crippen LogP contribution in [0.3, 0.4) is 0 Å². The van der Waals surface area contributed by atoms with E-state index in [1.807, 2.05) is 4.90 Å². The maximum atomic E-state index is 13.1. The number of carbonyl (C=O) groups is 2. The van der Waals surface area contributed by atoms with E-state index in [1.54, 1.807) is 18.2 Å². The van der Waals surface area contributed by atoms with Crippen LogP contribution in [-0.2, 0) is 9.59 Å². The number of allylic oxidation sites excluding steroid dienone is 4. The number of anilines is 2. The fourth-order valence-corrected chi connectivity index (χ4v) is 5.14. The lowest BCUT2D eigenvalue weighted by molar-refractivity contribution is -0.128. The SMILES string of the molecule is C=C/C=C(\C=C)CC(=O)C[C@@H]1CCCN(c2ccc(N3CCC(C4CC4)C3)cc2)C1=O. The minimum atomic E-state index is -0.228. The minimum Gasteiger partial charge on any atom is -0.371 e. The maximum Gasteiger partial charge on any atom is 0.230 e. The monoisotopic (exact) mass is 418 g/mol. The summed E-state index contributed by atoms with van der Waals surface area (Å²) in [5, 5.41) is 0. The molecule has 3 fully saturated rings. The van der Waals surface area contributed by atoms with Crippen LogP contribution in [0.4, 0.5) is 11.4 Å². The number of benzene rings is 1. The van der Waals surface area contributed by atoms with Crippen molar-refractivity contribution in [2.45, 2.75) is 44.9 Å². The van der Waals surface area contributed by atoms with Gasteiger partial charge in [-0.25, -0.2) is 0 Å². The van der Waals surface area contributed by atoms with E-state index < -0.39 is 0 Å². The number of rotatable bonds is 9. The lowest BCUT2D eigenvalue weighted by Crippen LogP contribution is -2.42. The maximum absolute atomic E-state index is 13.1. The highest BCUT2D eigenvalue weighted by molar-refractivity contribution is 5.98. The molecular weight excluding hydrogens is 384 g/mol. The third kappa shape index (κ3) is 5.17. The molecule has 2 aliphatic heterocycles. The number of carbonyl (C=O) groups excluding carboxylic acids is 2. The molecule has 0 radical (unpaired) electrons. The van der Waals surface area contributed by atoms with Crippen molar-refractivity contribution in [1.82, 2.24) is 0 Å². The number of Topliss-reactive ketones (excluding diaryl/α,β-unsaturated/α-hetero) is 1. The smallest absolute Gasteiger partial charge is 0.230 e. The van der Waals surface area contributed by atoms with Gasteiger partial charge in [-0.1, -0.05) is 31.4 Å². The van der Waals surface area contributed by atoms with E-state index in [2.05, 4.69) is 42.3 Å². The summed E-state index contributed by atoms with van der Waals surface area (Å²) in [5.41, 5.74) is 3.05. The number of nitrogens with zero attached hydrogens (tertiary/aromatic N) is 2. The van der Waals surface area contributed by atoms with Crippen molar-refractivity contribution in [1.29, 1.82) is 0 Å². The van der Waals surface area contributed by atoms with E-state index >= 15 is 0 Å². The minimum absolute atomic E-state index is 0.0789. The van der Waals surface area contributed by atoms with E-state index in [9.17, 15) is 9.59 Å². The predicted molar refractivity (Wildman–Crippen MR) is 127 cm³/mol. The molecule has 1 unspecified atom stereocenters. The van der Waals surface area contributed by atoms with Crippen molar-refractivity contribution >= 4 is 23.1 Å². The van der Waals surface area contributed by atoms with Crippen LogP contribution in [0.15, 0.2) is 61.2 Å². The zero-order valence-electron chi connectivity index (χ0n) is 18.5. The second-order valence-corrected chi connectivity index (χ2v) is 9.28. The molecule has 1 aliphatic carbocycles. The third-order valence-electron chi connectivity index (χ3n) is 7.06. The molecule has 0 bridgehead atoms. The van der Waals surface area contributed by atoms with Gasteiger partial charge in [-0.3, -0.25) is 9.59 Å². The number of piperidine rings is 1. The highest BCUT2D eigenvalue weighted by atomic mass is 16.2. The van der Waals surface area contributed by atoms with Gasteiger partial charge >= 0.3 is 0 Å². The third-order valence-corrected chi connectivity index (χ3v) is 7.06. The fraction of sp³-hybridized carbons (Fsp3) is 0.481. The van der Waals surface area contributed by atoms with E-state index in [0.29, 0.717) is 12.8 Å². The summed E-state index contributed by atoms with van der Waals surface area (Å²) in [6.07, 6.45) is 11.6. The molecule has 0 spiro atoms. The molecule has 4 nitrogen and oxygen atoms in total. The Hall–Kier alpha value is -2.62. The van der Waals surface area contributed by atoms with Crippen molar-refractivity contribution in [2.24, 2.45) is 17.8 Å². The first kappa shape index (κ1) is 21.6. The summed E-state index contributed by atoms with van der Waals surface area (Å²) in [6, 6.07) is 8.46. The first-order valence-corrected chi connectivity index (χ1v) is 11.7. The fourth-order valence-electron chi connectivity index (χ4n) is 5.14. The van der Waals surface area contributed by atoms with E-state index in [1.165, 1.54) is 31.5 Å². The van der Waals surface area contributed by atoms with Gasteiger partial charge in [-0.2, -0.15) is 0 Å². The van der Waals surface area contributed by atoms with Crippen LogP contribution < -0.4 is 9.80 Å². The van der Waals surface area contributed by atoms with Crippen molar-refractivity contribution in [3.8, 4) is 0 Å². The molecule has 0 N–H and O–H groups in total. The van der Waals surface area contributed by atoms with Gasteiger partial charge in [-0.15, -0.1) is 0 Å². The van der Waals surface area contributed by atoms with Crippen molar-refractivity contribution < 1.29 is 9.59 Å². The van der Waals surface area contributed by atoms with E-state index in [-0.39, 0.29) is 17.6 Å². The van der Waals surface area contributed by atoms with Crippen LogP contribution in [0.5, 0.6) is 0 Å². The Balaban J connectivity index is 1.36. The van der Waals surface area contributed by atoms with Gasteiger partial charge < -0.3 is 9.80 Å². The normalized spacial score (nSPS) is 24.4. The summed E-state index contributed by atoms with van der Waals surface area (Å²) in [6.45, 7) is 10.5. The molecule has 3 aliphatic rings. The zero-order chi connectivity index (χ0) is 21.8. The quantitative estimate of drug-likeness (QED) is 0.510. The number of amides is 1. The van der Waals surface area contributed by atoms with Crippen molar-refractivity contribution in [3.63, 3.8) is 0 Å². The van der Waals surface area contributed by atoms with Crippen LogP contribution in [0, 0.1) is 17.8 Å². The molecule has 164 valence electrons. The molecule has 2 heterocycles. The van der Waals surface area contributed by atoms with Gasteiger partial charge in [0.25, 0.3) is 0 Å². The first-order valence-electron chi connectivity index (χ1n) is 11.7. The van der Waals surface area contributed by atoms with E-state index in [4.69, 9.17) is 0 Å². The number of hydrogen-bond donors (Lipinski definition) is 0. The molecule has 4 rings (SSSR count). The standard InChI is InChI=1S/C27H34N2O2/c1-3-6-20(4-2)17-26(30)18-22-7-5-15-29(27(22)31)25-12-10-24(11-13-25)28-16-14-23(19-28)21-8-9-21/h3-4,6,10-13,21-23H,1-2,5,7-9,14-19H2/b20-6+/t22-,23?/m0/s1. The molecule has 4 heteroatoms. The first-order chi connectivity index (χ1) is 15.1. The molecule has 1 saturated carbocycles. The second kappa shape index (κ2) is 9.67. The second-order valence-electron chi connectivity index (χ2n) is 9.28. The lowest BCUT2D eigenvalue weighted by atomic mass is 9.90. The molecule has 1 aromatic rings. The molecule has 1 aromatic carbocycles. The summed E-state index contributed by atoms with van der Waals surface area (Å²) in [4.78, 5) is 30.0. The highest BCUT2D eigenvalue weighted by Crippen LogP contribution is 2.42. The van der Waals surface area contributed by atoms with Gasteiger partial charge in [0, 0.05) is 49.8 Å². The number of hydrogen-bond acceptors (Lipinski definition) is 3. The Morgan fingerprint density at radius 2 is 1.74 bits per heavy atom. The van der Waals surface area contributed by atoms with Crippen molar-refractivity contribution in [2.75, 3.05) is 29.4 Å². The van der Waals surface area contributed by atoms with Crippen LogP contribution >= 0.6 is 0 Å².